The van der Waals surface area contributed by atoms with Gasteiger partial charge in [-0.05, 0) is 113 Å². The zero-order chi connectivity index (χ0) is 28.8. The molecule has 0 aromatic heterocycles. The summed E-state index contributed by atoms with van der Waals surface area (Å²) in [6.07, 6.45) is 7.00. The Labute approximate surface area is 256 Å². The van der Waals surface area contributed by atoms with Gasteiger partial charge in [0.25, 0.3) is 0 Å². The predicted molar refractivity (Wildman–Crippen MR) is 176 cm³/mol. The van der Waals surface area contributed by atoms with Crippen molar-refractivity contribution in [3.8, 4) is 16.9 Å². The molecule has 5 heteroatoms. The van der Waals surface area contributed by atoms with Crippen LogP contribution in [-0.4, -0.2) is 28.6 Å². The van der Waals surface area contributed by atoms with Crippen molar-refractivity contribution >= 4 is 40.7 Å². The summed E-state index contributed by atoms with van der Waals surface area (Å²) in [6.45, 7) is 6.08. The molecule has 1 fully saturated rings. The van der Waals surface area contributed by atoms with Crippen LogP contribution < -0.4 is 4.74 Å². The van der Waals surface area contributed by atoms with Crippen molar-refractivity contribution < 1.29 is 14.6 Å². The quantitative estimate of drug-likeness (QED) is 0.145. The van der Waals surface area contributed by atoms with Gasteiger partial charge in [0.1, 0.15) is 18.4 Å². The highest BCUT2D eigenvalue weighted by molar-refractivity contribution is 14.1. The summed E-state index contributed by atoms with van der Waals surface area (Å²) in [5, 5.41) is 9.84. The number of ether oxygens (including phenoxy) is 1. The molecule has 0 unspecified atom stereocenters. The SMILES string of the molecule is Cc1cc(CN2CCCC[C@H]2C(=O)O)c(OCc2cccc(I)c2)cc1/C=C/c1cccc(-c2ccccc2)c1C. The van der Waals surface area contributed by atoms with Gasteiger partial charge in [-0.2, -0.15) is 0 Å². The van der Waals surface area contributed by atoms with Crippen LogP contribution in [0.1, 0.15) is 52.6 Å². The molecule has 210 valence electrons. The molecule has 0 saturated carbocycles. The molecule has 1 heterocycles. The number of hydrogen-bond donors (Lipinski definition) is 1. The van der Waals surface area contributed by atoms with E-state index in [1.807, 2.05) is 12.1 Å². The molecule has 4 aromatic carbocycles. The molecule has 4 nitrogen and oxygen atoms in total. The summed E-state index contributed by atoms with van der Waals surface area (Å²) in [6, 6.07) is 29.1. The van der Waals surface area contributed by atoms with E-state index in [1.165, 1.54) is 25.8 Å². The van der Waals surface area contributed by atoms with Gasteiger partial charge in [0.2, 0.25) is 0 Å². The second kappa shape index (κ2) is 13.5. The molecule has 4 aromatic rings. The third-order valence-corrected chi connectivity index (χ3v) is 8.58. The van der Waals surface area contributed by atoms with Crippen molar-refractivity contribution in [2.24, 2.45) is 0 Å². The first-order valence-corrected chi connectivity index (χ1v) is 15.3. The lowest BCUT2D eigenvalue weighted by atomic mass is 9.95. The molecule has 1 N–H and O–H groups in total. The maximum atomic E-state index is 12.0. The largest absolute Gasteiger partial charge is 0.489 e. The summed E-state index contributed by atoms with van der Waals surface area (Å²) >= 11 is 2.32. The number of aliphatic carboxylic acids is 1. The first kappa shape index (κ1) is 29.1. The summed E-state index contributed by atoms with van der Waals surface area (Å²) in [7, 11) is 0. The number of rotatable bonds is 9. The number of aryl methyl sites for hydroxylation is 1. The van der Waals surface area contributed by atoms with E-state index in [2.05, 4.69) is 126 Å². The standard InChI is InChI=1S/C36H36INO3/c1-25-20-31(23-38-19-7-6-16-34(38)36(39)40)35(41-24-27-10-8-14-32(37)21-27)22-30(25)18-17-28-13-9-15-33(26(28)2)29-11-4-3-5-12-29/h3-5,8-15,17-18,20-22,34H,6-7,16,19,23-24H2,1-2H3,(H,39,40)/b18-17+/t34-/m0/s1. The fourth-order valence-corrected chi connectivity index (χ4v) is 6.22. The van der Waals surface area contributed by atoms with E-state index in [0.717, 1.165) is 47.4 Å². The van der Waals surface area contributed by atoms with E-state index < -0.39 is 12.0 Å². The van der Waals surface area contributed by atoms with Crippen molar-refractivity contribution in [2.45, 2.75) is 52.3 Å². The number of carbonyl (C=O) groups is 1. The normalized spacial score (nSPS) is 15.7. The molecule has 0 spiro atoms. The molecule has 0 amide bonds. The first-order valence-electron chi connectivity index (χ1n) is 14.2. The fourth-order valence-electron chi connectivity index (χ4n) is 5.61. The molecule has 1 atom stereocenters. The van der Waals surface area contributed by atoms with Crippen LogP contribution in [0.4, 0.5) is 0 Å². The maximum absolute atomic E-state index is 12.0. The topological polar surface area (TPSA) is 49.8 Å². The molecule has 41 heavy (non-hydrogen) atoms. The van der Waals surface area contributed by atoms with E-state index in [9.17, 15) is 9.90 Å². The Hall–Kier alpha value is -3.42. The van der Waals surface area contributed by atoms with Crippen LogP contribution in [0, 0.1) is 17.4 Å². The zero-order valence-electron chi connectivity index (χ0n) is 23.6. The zero-order valence-corrected chi connectivity index (χ0v) is 25.8. The average molecular weight is 658 g/mol. The molecule has 1 saturated heterocycles. The van der Waals surface area contributed by atoms with E-state index in [-0.39, 0.29) is 0 Å². The molecule has 0 bridgehead atoms. The molecule has 1 aliphatic heterocycles. The van der Waals surface area contributed by atoms with Crippen LogP contribution >= 0.6 is 22.6 Å². The molecule has 1 aliphatic rings. The summed E-state index contributed by atoms with van der Waals surface area (Å²) < 4.78 is 7.62. The third-order valence-electron chi connectivity index (χ3n) is 7.91. The van der Waals surface area contributed by atoms with Gasteiger partial charge >= 0.3 is 5.97 Å². The molecule has 5 rings (SSSR count). The van der Waals surface area contributed by atoms with Crippen molar-refractivity contribution in [3.05, 3.63) is 122 Å². The van der Waals surface area contributed by atoms with Crippen LogP contribution in [0.3, 0.4) is 0 Å². The van der Waals surface area contributed by atoms with E-state index >= 15 is 0 Å². The number of piperidine rings is 1. The molecular formula is C36H36INO3. The Morgan fingerprint density at radius 3 is 2.51 bits per heavy atom. The van der Waals surface area contributed by atoms with Gasteiger partial charge in [-0.1, -0.05) is 85.3 Å². The highest BCUT2D eigenvalue weighted by atomic mass is 127. The Balaban J connectivity index is 1.46. The Kier molecular flexibility index (Phi) is 9.57. The number of carboxylic acid groups (broad SMARTS) is 1. The van der Waals surface area contributed by atoms with Crippen LogP contribution in [-0.2, 0) is 17.9 Å². The minimum Gasteiger partial charge on any atom is -0.489 e. The number of carboxylic acids is 1. The van der Waals surface area contributed by atoms with Gasteiger partial charge in [0.15, 0.2) is 0 Å². The first-order chi connectivity index (χ1) is 19.9. The van der Waals surface area contributed by atoms with Crippen molar-refractivity contribution in [1.29, 1.82) is 0 Å². The molecule has 0 radical (unpaired) electrons. The number of hydrogen-bond acceptors (Lipinski definition) is 3. The highest BCUT2D eigenvalue weighted by Gasteiger charge is 2.29. The van der Waals surface area contributed by atoms with E-state index in [1.54, 1.807) is 0 Å². The molecule has 0 aliphatic carbocycles. The van der Waals surface area contributed by atoms with E-state index in [0.29, 0.717) is 19.6 Å². The minimum absolute atomic E-state index is 0.452. The second-order valence-electron chi connectivity index (χ2n) is 10.8. The van der Waals surface area contributed by atoms with Gasteiger partial charge in [-0.3, -0.25) is 9.69 Å². The second-order valence-corrected chi connectivity index (χ2v) is 12.0. The predicted octanol–water partition coefficient (Wildman–Crippen LogP) is 8.76. The number of benzene rings is 4. The van der Waals surface area contributed by atoms with Crippen molar-refractivity contribution in [3.63, 3.8) is 0 Å². The Morgan fingerprint density at radius 1 is 0.951 bits per heavy atom. The van der Waals surface area contributed by atoms with Crippen LogP contribution in [0.5, 0.6) is 5.75 Å². The number of nitrogens with zero attached hydrogens (tertiary/aromatic N) is 1. The van der Waals surface area contributed by atoms with Gasteiger partial charge < -0.3 is 9.84 Å². The number of likely N-dealkylation sites (tertiary alicyclic amines) is 1. The third kappa shape index (κ3) is 7.27. The lowest BCUT2D eigenvalue weighted by Gasteiger charge is -2.33. The fraction of sp³-hybridized carbons (Fsp3) is 0.250. The Bertz CT molecular complexity index is 1550. The van der Waals surface area contributed by atoms with Crippen LogP contribution in [0.2, 0.25) is 0 Å². The minimum atomic E-state index is -0.740. The lowest BCUT2D eigenvalue weighted by molar-refractivity contribution is -0.144. The van der Waals surface area contributed by atoms with Crippen molar-refractivity contribution in [1.82, 2.24) is 4.90 Å². The van der Waals surface area contributed by atoms with Gasteiger partial charge in [0, 0.05) is 15.7 Å². The van der Waals surface area contributed by atoms with Crippen molar-refractivity contribution in [2.75, 3.05) is 6.54 Å². The number of halogens is 1. The van der Waals surface area contributed by atoms with Crippen LogP contribution in [0.25, 0.3) is 23.3 Å². The van der Waals surface area contributed by atoms with Crippen LogP contribution in [0.15, 0.2) is 84.9 Å². The maximum Gasteiger partial charge on any atom is 0.320 e. The summed E-state index contributed by atoms with van der Waals surface area (Å²) in [5.74, 6) is 0.0639. The highest BCUT2D eigenvalue weighted by Crippen LogP contribution is 2.31. The van der Waals surface area contributed by atoms with E-state index in [4.69, 9.17) is 4.74 Å². The average Bonchev–Trinajstić information content (AvgIpc) is 2.97. The summed E-state index contributed by atoms with van der Waals surface area (Å²) in [4.78, 5) is 14.1. The molecular weight excluding hydrogens is 621 g/mol. The van der Waals surface area contributed by atoms with Gasteiger partial charge in [-0.25, -0.2) is 0 Å². The Morgan fingerprint density at radius 2 is 1.73 bits per heavy atom. The summed E-state index contributed by atoms with van der Waals surface area (Å²) in [5.41, 5.74) is 9.22. The van der Waals surface area contributed by atoms with Gasteiger partial charge in [0.05, 0.1) is 0 Å². The monoisotopic (exact) mass is 657 g/mol. The lowest BCUT2D eigenvalue weighted by Crippen LogP contribution is -2.44. The van der Waals surface area contributed by atoms with Gasteiger partial charge in [-0.15, -0.1) is 0 Å². The smallest absolute Gasteiger partial charge is 0.320 e.